The van der Waals surface area contributed by atoms with Gasteiger partial charge in [-0.05, 0) is 58.4 Å². The van der Waals surface area contributed by atoms with Crippen molar-refractivity contribution in [3.8, 4) is 5.75 Å². The Bertz CT molecular complexity index is 1630. The Morgan fingerprint density at radius 3 is 1.56 bits per heavy atom. The molecule has 0 spiro atoms. The lowest BCUT2D eigenvalue weighted by Crippen LogP contribution is -2.47. The molecule has 0 fully saturated rings. The van der Waals surface area contributed by atoms with E-state index in [1.165, 1.54) is 34.6 Å². The summed E-state index contributed by atoms with van der Waals surface area (Å²) in [5.41, 5.74) is 0.521. The van der Waals surface area contributed by atoms with E-state index < -0.39 is 59.0 Å². The van der Waals surface area contributed by atoms with E-state index in [0.29, 0.717) is 5.75 Å². The first-order valence-corrected chi connectivity index (χ1v) is 18.3. The fraction of sp³-hybridized carbons (Fsp3) is 0.353. The van der Waals surface area contributed by atoms with Crippen LogP contribution in [-0.2, 0) is 62.2 Å². The summed E-state index contributed by atoms with van der Waals surface area (Å²) in [4.78, 5) is 79.4. The van der Waals surface area contributed by atoms with Crippen LogP contribution in [0.25, 0.3) is 6.08 Å². The van der Waals surface area contributed by atoms with Gasteiger partial charge in [-0.3, -0.25) is 23.5 Å². The second-order valence-electron chi connectivity index (χ2n) is 10.9. The Labute approximate surface area is 320 Å². The zero-order valence-electron chi connectivity index (χ0n) is 31.2. The van der Waals surface area contributed by atoms with Gasteiger partial charge >= 0.3 is 31.7 Å². The van der Waals surface area contributed by atoms with Gasteiger partial charge in [0, 0.05) is 17.2 Å². The van der Waals surface area contributed by atoms with Crippen LogP contribution >= 0.6 is 7.82 Å². The second-order valence-corrected chi connectivity index (χ2v) is 13.6. The maximum absolute atomic E-state index is 10.8. The molecule has 19 nitrogen and oxygen atoms in total. The van der Waals surface area contributed by atoms with Gasteiger partial charge in [0.2, 0.25) is 5.91 Å². The quantitative estimate of drug-likeness (QED) is 0.0250. The number of aliphatic carboxylic acids is 1. The molecule has 0 heterocycles. The minimum absolute atomic E-state index is 0.0324. The summed E-state index contributed by atoms with van der Waals surface area (Å²) < 4.78 is 57.4. The van der Waals surface area contributed by atoms with Gasteiger partial charge in [0.15, 0.2) is 0 Å². The fourth-order valence-corrected chi connectivity index (χ4v) is 3.86. The van der Waals surface area contributed by atoms with Gasteiger partial charge in [0.1, 0.15) is 37.8 Å². The number of ketones is 1. The molecule has 21 heteroatoms. The Morgan fingerprint density at radius 2 is 1.24 bits per heavy atom. The first kappa shape index (κ1) is 56.5. The number of carboxylic acid groups (broad SMARTS) is 1. The molecule has 6 N–H and O–H groups in total. The van der Waals surface area contributed by atoms with Gasteiger partial charge in [-0.15, -0.1) is 0 Å². The Kier molecular flexibility index (Phi) is 30.9. The number of ether oxygens (including phenoxy) is 3. The van der Waals surface area contributed by atoms with E-state index in [1.54, 1.807) is 18.2 Å². The number of Topliss-reactive ketones (excluding diaryl/α,β-unsaturated/α-hetero) is 1. The van der Waals surface area contributed by atoms with Crippen LogP contribution in [0, 0.1) is 0 Å². The number of nitrogens with one attached hydrogen (secondary N) is 1. The molecule has 0 radical (unpaired) electrons. The molecule has 0 aromatic heterocycles. The van der Waals surface area contributed by atoms with Crippen LogP contribution in [0.1, 0.15) is 46.6 Å². The highest BCUT2D eigenvalue weighted by atomic mass is 32.2. The third-order valence-corrected chi connectivity index (χ3v) is 6.34. The number of carbonyl (C=O) groups is 6. The molecule has 0 aliphatic carbocycles. The molecular formula is C34H50NO18PS. The van der Waals surface area contributed by atoms with Crippen molar-refractivity contribution in [2.75, 3.05) is 32.2 Å². The number of phosphoric ester groups is 1. The number of phenols is 1. The van der Waals surface area contributed by atoms with Gasteiger partial charge in [-0.25, -0.2) is 18.9 Å². The zero-order valence-corrected chi connectivity index (χ0v) is 32.9. The molecule has 0 saturated heterocycles. The predicted molar refractivity (Wildman–Crippen MR) is 201 cm³/mol. The molecule has 310 valence electrons. The van der Waals surface area contributed by atoms with Gasteiger partial charge in [0.25, 0.3) is 10.1 Å². The van der Waals surface area contributed by atoms with E-state index in [1.807, 2.05) is 12.1 Å². The number of benzene rings is 1. The Hall–Kier alpha value is -5.24. The maximum Gasteiger partial charge on any atom is 0.469 e. The van der Waals surface area contributed by atoms with E-state index in [4.69, 9.17) is 24.6 Å². The summed E-state index contributed by atoms with van der Waals surface area (Å²) in [7, 11) is -8.55. The van der Waals surface area contributed by atoms with E-state index in [2.05, 4.69) is 56.9 Å². The van der Waals surface area contributed by atoms with Crippen LogP contribution in [0.3, 0.4) is 0 Å². The number of hydrogen-bond acceptors (Lipinski definition) is 14. The minimum atomic E-state index is -4.46. The summed E-state index contributed by atoms with van der Waals surface area (Å²) >= 11 is 0. The molecule has 0 aliphatic rings. The Morgan fingerprint density at radius 1 is 0.818 bits per heavy atom. The molecule has 0 unspecified atom stereocenters. The number of phosphoric acid groups is 1. The standard InChI is InChI=1S/C10H14O5.C8H8O.C7H13NO4S.C6H11O6P.C3H4O2/c1-7(2)10(13)15-5-4-14-9(12)6-8(3)11;1-2-7-3-5-8(9)6-4-7;1-4-6(9)8-7(2,3)5-13(10,11)12;1-5(2)6(7)11-3-4-12-13(8,9)10;1-2-3(4)5/h1,4-6H2,2-3H3;2-6,9H,1H2;4H,1,5H2,2-3H3,(H,8,9)(H,10,11,12);1,3-4H2,2H3,(H2,8,9,10);2H,1H2,(H,4,5). The lowest BCUT2D eigenvalue weighted by Gasteiger charge is -2.23. The normalized spacial score (nSPS) is 10.0. The molecular weight excluding hydrogens is 773 g/mol. The van der Waals surface area contributed by atoms with Crippen LogP contribution in [0.2, 0.25) is 0 Å². The molecule has 0 aliphatic heterocycles. The summed E-state index contributed by atoms with van der Waals surface area (Å²) in [6.45, 7) is 23.1. The minimum Gasteiger partial charge on any atom is -0.508 e. The van der Waals surface area contributed by atoms with Crippen LogP contribution in [0.15, 0.2) is 80.5 Å². The van der Waals surface area contributed by atoms with Crippen LogP contribution < -0.4 is 5.32 Å². The van der Waals surface area contributed by atoms with Crippen LogP contribution in [-0.4, -0.2) is 106 Å². The maximum atomic E-state index is 10.8. The molecule has 1 aromatic rings. The first-order chi connectivity index (χ1) is 25.0. The fourth-order valence-electron chi connectivity index (χ4n) is 2.57. The van der Waals surface area contributed by atoms with Gasteiger partial charge in [0.05, 0.1) is 17.9 Å². The highest BCUT2D eigenvalue weighted by molar-refractivity contribution is 7.85. The zero-order chi connectivity index (χ0) is 44.0. The summed E-state index contributed by atoms with van der Waals surface area (Å²) in [6.07, 6.45) is 3.35. The van der Waals surface area contributed by atoms with E-state index in [-0.39, 0.29) is 49.8 Å². The van der Waals surface area contributed by atoms with Crippen LogP contribution in [0.4, 0.5) is 0 Å². The largest absolute Gasteiger partial charge is 0.508 e. The number of rotatable bonds is 17. The van der Waals surface area contributed by atoms with E-state index in [0.717, 1.165) is 17.7 Å². The number of esters is 3. The topological polar surface area (TPSA) is 304 Å². The van der Waals surface area contributed by atoms with E-state index >= 15 is 0 Å². The summed E-state index contributed by atoms with van der Waals surface area (Å²) in [6, 6.07) is 6.89. The highest BCUT2D eigenvalue weighted by Crippen LogP contribution is 2.35. The number of carbonyl (C=O) groups excluding carboxylic acids is 5. The van der Waals surface area contributed by atoms with Gasteiger partial charge in [-0.2, -0.15) is 8.42 Å². The lowest BCUT2D eigenvalue weighted by molar-refractivity contribution is -0.151. The molecule has 0 bridgehead atoms. The monoisotopic (exact) mass is 823 g/mol. The Balaban J connectivity index is -0.000000305. The number of amides is 1. The molecule has 1 rings (SSSR count). The number of hydrogen-bond donors (Lipinski definition) is 6. The van der Waals surface area contributed by atoms with Crippen molar-refractivity contribution in [3.05, 3.63) is 86.0 Å². The van der Waals surface area contributed by atoms with Gasteiger partial charge < -0.3 is 39.5 Å². The number of carboxylic acids is 1. The van der Waals surface area contributed by atoms with E-state index in [9.17, 15) is 41.8 Å². The van der Waals surface area contributed by atoms with Crippen molar-refractivity contribution < 1.29 is 85.0 Å². The van der Waals surface area contributed by atoms with Gasteiger partial charge in [-0.1, -0.05) is 51.1 Å². The predicted octanol–water partition coefficient (Wildman–Crippen LogP) is 3.09. The van der Waals surface area contributed by atoms with Crippen molar-refractivity contribution in [2.24, 2.45) is 0 Å². The smallest absolute Gasteiger partial charge is 0.469 e. The summed E-state index contributed by atoms with van der Waals surface area (Å²) in [5.74, 6) is -3.72. The first-order valence-electron chi connectivity index (χ1n) is 15.2. The number of aromatic hydroxyl groups is 1. The number of phenolic OH excluding ortho intramolecular Hbond substituents is 1. The SMILES string of the molecule is C=C(C)C(=O)OCCOC(=O)CC(C)=O.C=C(C)C(=O)OCCOP(=O)(O)O.C=CC(=O)NC(C)(C)CS(=O)(=O)O.C=CC(=O)O.C=Cc1ccc(O)cc1. The highest BCUT2D eigenvalue weighted by Gasteiger charge is 2.25. The lowest BCUT2D eigenvalue weighted by atomic mass is 10.1. The third-order valence-electron chi connectivity index (χ3n) is 4.74. The van der Waals surface area contributed by atoms with Crippen molar-refractivity contribution in [1.82, 2.24) is 5.32 Å². The molecule has 1 amide bonds. The molecule has 55 heavy (non-hydrogen) atoms. The average Bonchev–Trinajstić information content (AvgIpc) is 3.04. The van der Waals surface area contributed by atoms with Crippen molar-refractivity contribution in [2.45, 2.75) is 46.6 Å². The molecule has 0 saturated carbocycles. The van der Waals surface area contributed by atoms with Crippen molar-refractivity contribution in [3.63, 3.8) is 0 Å². The average molecular weight is 824 g/mol. The summed E-state index contributed by atoms with van der Waals surface area (Å²) in [5, 5.41) is 18.8. The second kappa shape index (κ2) is 30.1. The molecule has 0 atom stereocenters. The third kappa shape index (κ3) is 44.8. The van der Waals surface area contributed by atoms with Crippen molar-refractivity contribution in [1.29, 1.82) is 0 Å². The van der Waals surface area contributed by atoms with Crippen molar-refractivity contribution >= 4 is 59.6 Å². The van der Waals surface area contributed by atoms with Crippen LogP contribution in [0.5, 0.6) is 5.75 Å². The molecule has 1 aromatic carbocycles.